The number of rotatable bonds is 1. The number of aromatic nitrogens is 2. The highest BCUT2D eigenvalue weighted by atomic mass is 35.5. The standard InChI is InChI=1S/C12H10ClFN4O/c1-3-18-11-8-6(5(2)16-17-11)4-7(13)9(14)10(8)15-12(18)19/h4H,3H2,1-2H3,(H,15,19). The molecule has 0 spiro atoms. The number of carbonyl (C=O) groups is 1. The minimum absolute atomic E-state index is 0.0465. The van der Waals surface area contributed by atoms with Crippen molar-refractivity contribution in [2.75, 3.05) is 16.8 Å². The van der Waals surface area contributed by atoms with E-state index in [1.807, 2.05) is 6.92 Å². The number of carbonyl (C=O) groups excluding carboxylic acids is 1. The number of amides is 2. The second kappa shape index (κ2) is 4.03. The lowest BCUT2D eigenvalue weighted by molar-refractivity contribution is 0.256. The molecule has 2 aromatic rings. The van der Waals surface area contributed by atoms with Crippen LogP contribution in [-0.4, -0.2) is 22.8 Å². The van der Waals surface area contributed by atoms with Crippen LogP contribution in [0.15, 0.2) is 6.07 Å². The first-order valence-corrected chi connectivity index (χ1v) is 6.16. The third kappa shape index (κ3) is 1.56. The van der Waals surface area contributed by atoms with Crippen LogP contribution in [0.3, 0.4) is 0 Å². The molecule has 0 unspecified atom stereocenters. The summed E-state index contributed by atoms with van der Waals surface area (Å²) < 4.78 is 14.1. The minimum atomic E-state index is -0.646. The molecule has 5 nitrogen and oxygen atoms in total. The third-order valence-corrected chi connectivity index (χ3v) is 3.45. The molecule has 19 heavy (non-hydrogen) atoms. The number of aryl methyl sites for hydroxylation is 1. The van der Waals surface area contributed by atoms with E-state index in [0.717, 1.165) is 0 Å². The molecule has 7 heteroatoms. The number of anilines is 2. The number of halogens is 2. The topological polar surface area (TPSA) is 58.1 Å². The van der Waals surface area contributed by atoms with Crippen LogP contribution in [0.2, 0.25) is 5.02 Å². The minimum Gasteiger partial charge on any atom is -0.304 e. The van der Waals surface area contributed by atoms with Crippen LogP contribution in [0.1, 0.15) is 12.6 Å². The van der Waals surface area contributed by atoms with Gasteiger partial charge in [0.1, 0.15) is 0 Å². The van der Waals surface area contributed by atoms with Crippen molar-refractivity contribution in [3.63, 3.8) is 0 Å². The average molecular weight is 281 g/mol. The molecule has 1 aliphatic rings. The Kier molecular flexibility index (Phi) is 2.56. The molecule has 0 bridgehead atoms. The Bertz CT molecular complexity index is 719. The number of urea groups is 1. The molecular formula is C12H10ClFN4O. The molecule has 1 aromatic heterocycles. The Morgan fingerprint density at radius 3 is 2.89 bits per heavy atom. The predicted molar refractivity (Wildman–Crippen MR) is 71.3 cm³/mol. The Labute approximate surface area is 113 Å². The quantitative estimate of drug-likeness (QED) is 0.873. The molecule has 0 saturated heterocycles. The summed E-state index contributed by atoms with van der Waals surface area (Å²) in [6.07, 6.45) is 0. The summed E-state index contributed by atoms with van der Waals surface area (Å²) in [5.74, 6) is -0.288. The highest BCUT2D eigenvalue weighted by Gasteiger charge is 2.30. The van der Waals surface area contributed by atoms with E-state index >= 15 is 0 Å². The summed E-state index contributed by atoms with van der Waals surface area (Å²) in [5, 5.41) is 11.7. The van der Waals surface area contributed by atoms with Crippen LogP contribution in [0.5, 0.6) is 0 Å². The van der Waals surface area contributed by atoms with Crippen molar-refractivity contribution in [1.82, 2.24) is 10.2 Å². The van der Waals surface area contributed by atoms with Crippen molar-refractivity contribution >= 4 is 39.9 Å². The molecule has 98 valence electrons. The van der Waals surface area contributed by atoms with Crippen molar-refractivity contribution < 1.29 is 9.18 Å². The Morgan fingerprint density at radius 1 is 1.47 bits per heavy atom. The van der Waals surface area contributed by atoms with E-state index in [-0.39, 0.29) is 10.7 Å². The fraction of sp³-hybridized carbons (Fsp3) is 0.250. The maximum atomic E-state index is 14.1. The second-order valence-corrected chi connectivity index (χ2v) is 4.66. The van der Waals surface area contributed by atoms with Crippen molar-refractivity contribution in [1.29, 1.82) is 0 Å². The van der Waals surface area contributed by atoms with Crippen molar-refractivity contribution in [2.45, 2.75) is 13.8 Å². The Hall–Kier alpha value is -1.95. The van der Waals surface area contributed by atoms with Gasteiger partial charge in [-0.05, 0) is 19.9 Å². The monoisotopic (exact) mass is 280 g/mol. The average Bonchev–Trinajstić information content (AvgIpc) is 2.38. The van der Waals surface area contributed by atoms with Gasteiger partial charge in [0.05, 0.1) is 21.8 Å². The molecule has 2 amide bonds. The molecule has 0 atom stereocenters. The van der Waals surface area contributed by atoms with E-state index in [1.165, 1.54) is 11.0 Å². The molecule has 2 heterocycles. The summed E-state index contributed by atoms with van der Waals surface area (Å²) in [6.45, 7) is 3.99. The molecule has 0 radical (unpaired) electrons. The zero-order valence-electron chi connectivity index (χ0n) is 10.3. The maximum absolute atomic E-state index is 14.1. The van der Waals surface area contributed by atoms with Crippen LogP contribution in [-0.2, 0) is 0 Å². The maximum Gasteiger partial charge on any atom is 0.327 e. The normalized spacial score (nSPS) is 13.9. The molecule has 3 rings (SSSR count). The molecule has 0 aliphatic carbocycles. The van der Waals surface area contributed by atoms with Gasteiger partial charge in [0.25, 0.3) is 0 Å². The lowest BCUT2D eigenvalue weighted by atomic mass is 10.1. The molecule has 0 fully saturated rings. The SMILES string of the molecule is CCN1C(=O)Nc2c(F)c(Cl)cc3c(C)nnc1c23. The number of hydrogen-bond acceptors (Lipinski definition) is 3. The number of hydrogen-bond donors (Lipinski definition) is 1. The number of benzene rings is 1. The van der Waals surface area contributed by atoms with Crippen LogP contribution in [0, 0.1) is 12.7 Å². The van der Waals surface area contributed by atoms with Gasteiger partial charge < -0.3 is 5.32 Å². The zero-order valence-corrected chi connectivity index (χ0v) is 11.0. The van der Waals surface area contributed by atoms with E-state index in [2.05, 4.69) is 15.5 Å². The summed E-state index contributed by atoms with van der Waals surface area (Å²) in [6, 6.07) is 1.07. The van der Waals surface area contributed by atoms with E-state index in [9.17, 15) is 9.18 Å². The van der Waals surface area contributed by atoms with Crippen molar-refractivity contribution in [3.8, 4) is 0 Å². The number of nitrogens with zero attached hydrogens (tertiary/aromatic N) is 3. The Morgan fingerprint density at radius 2 is 2.21 bits per heavy atom. The van der Waals surface area contributed by atoms with Gasteiger partial charge in [-0.15, -0.1) is 5.10 Å². The van der Waals surface area contributed by atoms with Gasteiger partial charge in [0, 0.05) is 11.9 Å². The summed E-state index contributed by atoms with van der Waals surface area (Å²) in [5.41, 5.74) is 0.708. The van der Waals surface area contributed by atoms with Crippen LogP contribution < -0.4 is 10.2 Å². The van der Waals surface area contributed by atoms with E-state index in [1.54, 1.807) is 6.92 Å². The first-order chi connectivity index (χ1) is 9.04. The molecular weight excluding hydrogens is 271 g/mol. The fourth-order valence-corrected chi connectivity index (χ4v) is 2.44. The van der Waals surface area contributed by atoms with Crippen LogP contribution in [0.4, 0.5) is 20.7 Å². The largest absolute Gasteiger partial charge is 0.327 e. The van der Waals surface area contributed by atoms with E-state index in [0.29, 0.717) is 28.8 Å². The molecule has 1 aliphatic heterocycles. The first-order valence-electron chi connectivity index (χ1n) is 5.78. The first kappa shape index (κ1) is 12.1. The number of nitrogens with one attached hydrogen (secondary N) is 1. The Balaban J connectivity index is 2.49. The van der Waals surface area contributed by atoms with Crippen LogP contribution >= 0.6 is 11.6 Å². The highest BCUT2D eigenvalue weighted by Crippen LogP contribution is 2.40. The van der Waals surface area contributed by atoms with Gasteiger partial charge >= 0.3 is 6.03 Å². The van der Waals surface area contributed by atoms with Gasteiger partial charge in [-0.2, -0.15) is 5.10 Å². The van der Waals surface area contributed by atoms with Crippen molar-refractivity contribution in [3.05, 3.63) is 22.6 Å². The van der Waals surface area contributed by atoms with Gasteiger partial charge in [-0.1, -0.05) is 11.6 Å². The smallest absolute Gasteiger partial charge is 0.304 e. The third-order valence-electron chi connectivity index (χ3n) is 3.18. The summed E-state index contributed by atoms with van der Waals surface area (Å²) in [7, 11) is 0. The molecule has 1 N–H and O–H groups in total. The molecule has 0 saturated carbocycles. The summed E-state index contributed by atoms with van der Waals surface area (Å²) in [4.78, 5) is 13.3. The van der Waals surface area contributed by atoms with Gasteiger partial charge in [0.15, 0.2) is 11.6 Å². The fourth-order valence-electron chi connectivity index (χ4n) is 2.24. The second-order valence-electron chi connectivity index (χ2n) is 4.25. The van der Waals surface area contributed by atoms with E-state index < -0.39 is 11.8 Å². The lowest BCUT2D eigenvalue weighted by Crippen LogP contribution is -2.39. The van der Waals surface area contributed by atoms with Crippen molar-refractivity contribution in [2.24, 2.45) is 0 Å². The van der Waals surface area contributed by atoms with Gasteiger partial charge in [0.2, 0.25) is 0 Å². The van der Waals surface area contributed by atoms with Gasteiger partial charge in [-0.25, -0.2) is 9.18 Å². The summed E-state index contributed by atoms with van der Waals surface area (Å²) >= 11 is 5.85. The lowest BCUT2D eigenvalue weighted by Gasteiger charge is -2.28. The predicted octanol–water partition coefficient (Wildman–Crippen LogP) is 3.10. The zero-order chi connectivity index (χ0) is 13.7. The van der Waals surface area contributed by atoms with E-state index in [4.69, 9.17) is 11.6 Å². The molecule has 1 aromatic carbocycles. The van der Waals surface area contributed by atoms with Gasteiger partial charge in [-0.3, -0.25) is 4.90 Å². The highest BCUT2D eigenvalue weighted by molar-refractivity contribution is 6.33. The van der Waals surface area contributed by atoms with Crippen LogP contribution in [0.25, 0.3) is 10.8 Å².